The van der Waals surface area contributed by atoms with E-state index in [1.54, 1.807) is 18.2 Å². The maximum atomic E-state index is 8.72. The number of ether oxygens (including phenoxy) is 2. The normalized spacial score (nSPS) is 10.6. The predicted octanol–water partition coefficient (Wildman–Crippen LogP) is 4.88. The highest BCUT2D eigenvalue weighted by Gasteiger charge is 2.05. The van der Waals surface area contributed by atoms with Crippen molar-refractivity contribution in [3.63, 3.8) is 0 Å². The van der Waals surface area contributed by atoms with Gasteiger partial charge in [-0.1, -0.05) is 35.9 Å². The van der Waals surface area contributed by atoms with Crippen molar-refractivity contribution < 1.29 is 19.9 Å². The third-order valence-corrected chi connectivity index (χ3v) is 3.95. The molecular formula is C20H19ClN2O4. The molecule has 0 saturated heterocycles. The van der Waals surface area contributed by atoms with Crippen LogP contribution in [0.3, 0.4) is 0 Å². The molecule has 3 rings (SSSR count). The summed E-state index contributed by atoms with van der Waals surface area (Å²) in [4.78, 5) is 0. The molecule has 4 N–H and O–H groups in total. The van der Waals surface area contributed by atoms with Gasteiger partial charge in [-0.15, -0.1) is 0 Å². The van der Waals surface area contributed by atoms with E-state index in [0.29, 0.717) is 41.1 Å². The Hall–Kier alpha value is -2.61. The zero-order valence-electron chi connectivity index (χ0n) is 14.4. The van der Waals surface area contributed by atoms with E-state index in [4.69, 9.17) is 31.5 Å². The SMILES string of the molecule is ONCc1ccc(Oc2cc(Cl)cc(Oc3ccc(CNO)cc3)c2)cc1. The van der Waals surface area contributed by atoms with E-state index in [0.717, 1.165) is 11.1 Å². The molecule has 27 heavy (non-hydrogen) atoms. The second kappa shape index (κ2) is 9.36. The molecule has 0 fully saturated rings. The molecule has 0 unspecified atom stereocenters. The maximum absolute atomic E-state index is 8.72. The van der Waals surface area contributed by atoms with Crippen LogP contribution in [-0.4, -0.2) is 10.4 Å². The molecule has 0 amide bonds. The fourth-order valence-electron chi connectivity index (χ4n) is 2.46. The summed E-state index contributed by atoms with van der Waals surface area (Å²) in [7, 11) is 0. The lowest BCUT2D eigenvalue weighted by Gasteiger charge is -2.11. The molecule has 140 valence electrons. The molecule has 0 aliphatic rings. The van der Waals surface area contributed by atoms with Gasteiger partial charge in [-0.3, -0.25) is 0 Å². The summed E-state index contributed by atoms with van der Waals surface area (Å²) in [5.41, 5.74) is 6.08. The van der Waals surface area contributed by atoms with Gasteiger partial charge in [0.1, 0.15) is 23.0 Å². The highest BCUT2D eigenvalue weighted by atomic mass is 35.5. The van der Waals surface area contributed by atoms with E-state index in [9.17, 15) is 0 Å². The Kier molecular flexibility index (Phi) is 6.64. The predicted molar refractivity (Wildman–Crippen MR) is 102 cm³/mol. The van der Waals surface area contributed by atoms with Gasteiger partial charge < -0.3 is 19.9 Å². The topological polar surface area (TPSA) is 83.0 Å². The van der Waals surface area contributed by atoms with Crippen LogP contribution in [-0.2, 0) is 13.1 Å². The molecule has 0 saturated carbocycles. The van der Waals surface area contributed by atoms with Gasteiger partial charge in [0.2, 0.25) is 0 Å². The molecule has 3 aromatic rings. The van der Waals surface area contributed by atoms with Crippen molar-refractivity contribution in [1.29, 1.82) is 0 Å². The van der Waals surface area contributed by atoms with E-state index in [-0.39, 0.29) is 0 Å². The first kappa shape index (κ1) is 19.2. The first-order valence-electron chi connectivity index (χ1n) is 8.24. The zero-order valence-corrected chi connectivity index (χ0v) is 15.1. The highest BCUT2D eigenvalue weighted by Crippen LogP contribution is 2.32. The number of halogens is 1. The van der Waals surface area contributed by atoms with Crippen LogP contribution >= 0.6 is 11.6 Å². The summed E-state index contributed by atoms with van der Waals surface area (Å²) >= 11 is 6.18. The lowest BCUT2D eigenvalue weighted by atomic mass is 10.2. The minimum absolute atomic E-state index is 0.364. The van der Waals surface area contributed by atoms with E-state index < -0.39 is 0 Å². The Bertz CT molecular complexity index is 800. The summed E-state index contributed by atoms with van der Waals surface area (Å²) in [6, 6.07) is 19.8. The Morgan fingerprint density at radius 2 is 1.04 bits per heavy atom. The van der Waals surface area contributed by atoms with Gasteiger partial charge in [-0.05, 0) is 47.5 Å². The van der Waals surface area contributed by atoms with Crippen LogP contribution in [0.5, 0.6) is 23.0 Å². The van der Waals surface area contributed by atoms with Gasteiger partial charge in [0.05, 0.1) is 0 Å². The Labute approximate surface area is 161 Å². The molecule has 0 radical (unpaired) electrons. The molecule has 0 aromatic heterocycles. The Balaban J connectivity index is 1.71. The van der Waals surface area contributed by atoms with Gasteiger partial charge >= 0.3 is 0 Å². The standard InChI is InChI=1S/C20H19ClN2O4/c21-16-9-19(26-17-5-1-14(2-6-17)12-22-24)11-20(10-16)27-18-7-3-15(4-8-18)13-23-25/h1-11,22-25H,12-13H2. The molecule has 0 bridgehead atoms. The minimum atomic E-state index is 0.364. The number of nitrogens with one attached hydrogen (secondary N) is 2. The van der Waals surface area contributed by atoms with Crippen LogP contribution in [0.4, 0.5) is 0 Å². The lowest BCUT2D eigenvalue weighted by molar-refractivity contribution is 0.161. The van der Waals surface area contributed by atoms with Crippen LogP contribution in [0.25, 0.3) is 0 Å². The molecule has 0 aliphatic carbocycles. The summed E-state index contributed by atoms with van der Waals surface area (Å²) in [6.45, 7) is 0.727. The van der Waals surface area contributed by atoms with Crippen molar-refractivity contribution in [2.45, 2.75) is 13.1 Å². The van der Waals surface area contributed by atoms with Crippen molar-refractivity contribution in [2.24, 2.45) is 0 Å². The lowest BCUT2D eigenvalue weighted by Crippen LogP contribution is -2.05. The summed E-state index contributed by atoms with van der Waals surface area (Å²) in [5.74, 6) is 2.38. The van der Waals surface area contributed by atoms with Crippen molar-refractivity contribution in [3.05, 3.63) is 82.9 Å². The zero-order chi connectivity index (χ0) is 19.1. The third-order valence-electron chi connectivity index (χ3n) is 3.73. The van der Waals surface area contributed by atoms with Gasteiger partial charge in [-0.2, -0.15) is 0 Å². The molecule has 0 heterocycles. The Morgan fingerprint density at radius 3 is 1.41 bits per heavy atom. The summed E-state index contributed by atoms with van der Waals surface area (Å²) in [6.07, 6.45) is 0. The second-order valence-corrected chi connectivity index (χ2v) is 6.22. The number of hydrogen-bond acceptors (Lipinski definition) is 6. The van der Waals surface area contributed by atoms with E-state index in [2.05, 4.69) is 11.0 Å². The number of rotatable bonds is 8. The number of benzene rings is 3. The molecular weight excluding hydrogens is 368 g/mol. The molecule has 3 aromatic carbocycles. The molecule has 0 atom stereocenters. The van der Waals surface area contributed by atoms with Gasteiger partial charge in [0.25, 0.3) is 0 Å². The maximum Gasteiger partial charge on any atom is 0.132 e. The molecule has 0 spiro atoms. The van der Waals surface area contributed by atoms with Crippen LogP contribution in [0, 0.1) is 0 Å². The van der Waals surface area contributed by atoms with Crippen LogP contribution in [0.15, 0.2) is 66.7 Å². The fraction of sp³-hybridized carbons (Fsp3) is 0.100. The summed E-state index contributed by atoms with van der Waals surface area (Å²) < 4.78 is 11.7. The van der Waals surface area contributed by atoms with Crippen LogP contribution < -0.4 is 20.4 Å². The van der Waals surface area contributed by atoms with E-state index in [1.165, 1.54) is 0 Å². The summed E-state index contributed by atoms with van der Waals surface area (Å²) in [5, 5.41) is 17.9. The van der Waals surface area contributed by atoms with E-state index >= 15 is 0 Å². The first-order chi connectivity index (χ1) is 13.2. The molecule has 6 nitrogen and oxygen atoms in total. The Morgan fingerprint density at radius 1 is 0.630 bits per heavy atom. The van der Waals surface area contributed by atoms with Gasteiger partial charge in [0.15, 0.2) is 0 Å². The average Bonchev–Trinajstić information content (AvgIpc) is 2.65. The second-order valence-electron chi connectivity index (χ2n) is 5.78. The monoisotopic (exact) mass is 386 g/mol. The fourth-order valence-corrected chi connectivity index (χ4v) is 2.68. The number of hydrogen-bond donors (Lipinski definition) is 4. The van der Waals surface area contributed by atoms with E-state index in [1.807, 2.05) is 48.5 Å². The van der Waals surface area contributed by atoms with Gasteiger partial charge in [0, 0.05) is 24.2 Å². The van der Waals surface area contributed by atoms with Crippen molar-refractivity contribution in [3.8, 4) is 23.0 Å². The van der Waals surface area contributed by atoms with Crippen molar-refractivity contribution in [2.75, 3.05) is 0 Å². The first-order valence-corrected chi connectivity index (χ1v) is 8.62. The third kappa shape index (κ3) is 5.68. The minimum Gasteiger partial charge on any atom is -0.457 e. The molecule has 7 heteroatoms. The van der Waals surface area contributed by atoms with Crippen LogP contribution in [0.2, 0.25) is 5.02 Å². The van der Waals surface area contributed by atoms with Crippen LogP contribution in [0.1, 0.15) is 11.1 Å². The van der Waals surface area contributed by atoms with Crippen molar-refractivity contribution >= 4 is 11.6 Å². The largest absolute Gasteiger partial charge is 0.457 e. The quantitative estimate of drug-likeness (QED) is 0.413. The van der Waals surface area contributed by atoms with Gasteiger partial charge in [-0.25, -0.2) is 11.0 Å². The smallest absolute Gasteiger partial charge is 0.132 e. The van der Waals surface area contributed by atoms with Crippen molar-refractivity contribution in [1.82, 2.24) is 11.0 Å². The average molecular weight is 387 g/mol. The highest BCUT2D eigenvalue weighted by molar-refractivity contribution is 6.30. The number of hydroxylamine groups is 2. The molecule has 0 aliphatic heterocycles.